The van der Waals surface area contributed by atoms with Crippen molar-refractivity contribution in [3.8, 4) is 5.75 Å². The molecule has 2 heterocycles. The molecule has 4 nitrogen and oxygen atoms in total. The van der Waals surface area contributed by atoms with Crippen molar-refractivity contribution in [2.24, 2.45) is 0 Å². The number of fused-ring (bicyclic) bond motifs is 2. The Kier molecular flexibility index (Phi) is 4.87. The molecule has 5 heteroatoms. The maximum atomic E-state index is 13.2. The monoisotopic (exact) mass is 369 g/mol. The van der Waals surface area contributed by atoms with Gasteiger partial charge in [0.15, 0.2) is 6.79 Å². The summed E-state index contributed by atoms with van der Waals surface area (Å²) in [6, 6.07) is 12.6. The first-order valence-electron chi connectivity index (χ1n) is 9.49. The van der Waals surface area contributed by atoms with Crippen LogP contribution in [0.1, 0.15) is 53.1 Å². The average Bonchev–Trinajstić information content (AvgIpc) is 2.93. The molecule has 0 aliphatic carbocycles. The van der Waals surface area contributed by atoms with Gasteiger partial charge in [0, 0.05) is 17.6 Å². The second-order valence-corrected chi connectivity index (χ2v) is 7.57. The van der Waals surface area contributed by atoms with Crippen LogP contribution >= 0.6 is 0 Å². The molecule has 1 N–H and O–H groups in total. The van der Waals surface area contributed by atoms with Crippen molar-refractivity contribution in [1.29, 1.82) is 0 Å². The summed E-state index contributed by atoms with van der Waals surface area (Å²) in [6.45, 7) is 1.48. The molecule has 2 aromatic rings. The summed E-state index contributed by atoms with van der Waals surface area (Å²) in [4.78, 5) is 15.2. The average molecular weight is 369 g/mol. The van der Waals surface area contributed by atoms with Gasteiger partial charge >= 0.3 is 0 Å². The summed E-state index contributed by atoms with van der Waals surface area (Å²) in [5.41, 5.74) is 2.65. The molecule has 142 valence electrons. The van der Waals surface area contributed by atoms with E-state index in [1.54, 1.807) is 6.07 Å². The van der Waals surface area contributed by atoms with Crippen LogP contribution < -0.4 is 4.74 Å². The molecule has 3 atom stereocenters. The number of ether oxygens (including phenoxy) is 1. The number of nitrogens with zero attached hydrogens (tertiary/aromatic N) is 1. The first kappa shape index (κ1) is 18.0. The highest BCUT2D eigenvalue weighted by molar-refractivity contribution is 5.95. The zero-order chi connectivity index (χ0) is 19.0. The molecule has 2 aromatic carbocycles. The first-order valence-corrected chi connectivity index (χ1v) is 9.49. The molecular formula is C22H24FNO3. The quantitative estimate of drug-likeness (QED) is 0.829. The van der Waals surface area contributed by atoms with Crippen LogP contribution in [-0.2, 0) is 0 Å². The molecule has 4 rings (SSSR count). The maximum Gasteiger partial charge on any atom is 0.254 e. The van der Waals surface area contributed by atoms with Crippen LogP contribution in [0.5, 0.6) is 5.75 Å². The smallest absolute Gasteiger partial charge is 0.254 e. The van der Waals surface area contributed by atoms with E-state index in [0.29, 0.717) is 17.2 Å². The van der Waals surface area contributed by atoms with Crippen molar-refractivity contribution in [3.63, 3.8) is 0 Å². The number of hydrogen-bond donors (Lipinski definition) is 1. The summed E-state index contributed by atoms with van der Waals surface area (Å²) >= 11 is 0. The van der Waals surface area contributed by atoms with Gasteiger partial charge in [-0.15, -0.1) is 0 Å². The van der Waals surface area contributed by atoms with E-state index in [9.17, 15) is 9.18 Å². The molecule has 27 heavy (non-hydrogen) atoms. The van der Waals surface area contributed by atoms with Gasteiger partial charge in [0.1, 0.15) is 11.6 Å². The standard InChI is InChI=1S/C22H24FNO3/c1-14-2-3-16(12-21(14)27-13-25)22(26)24-19-8-9-20(24)11-17(10-19)15-4-6-18(23)7-5-15/h2-7,12,17,19-20,25H,8-11,13H2,1H3/t17?,19-,20+. The number of aliphatic hydroxyl groups is 1. The number of aryl methyl sites for hydroxylation is 1. The van der Waals surface area contributed by atoms with Crippen molar-refractivity contribution in [2.75, 3.05) is 6.79 Å². The molecule has 0 saturated carbocycles. The van der Waals surface area contributed by atoms with E-state index >= 15 is 0 Å². The molecule has 0 aromatic heterocycles. The predicted molar refractivity (Wildman–Crippen MR) is 100 cm³/mol. The largest absolute Gasteiger partial charge is 0.467 e. The number of benzene rings is 2. The van der Waals surface area contributed by atoms with E-state index in [1.165, 1.54) is 12.1 Å². The molecule has 2 saturated heterocycles. The third-order valence-corrected chi connectivity index (χ3v) is 5.96. The Hall–Kier alpha value is -2.40. The normalized spacial score (nSPS) is 24.1. The van der Waals surface area contributed by atoms with Crippen LogP contribution in [0.15, 0.2) is 42.5 Å². The van der Waals surface area contributed by atoms with Gasteiger partial charge in [0.05, 0.1) is 0 Å². The highest BCUT2D eigenvalue weighted by atomic mass is 19.1. The Morgan fingerprint density at radius 1 is 1.15 bits per heavy atom. The summed E-state index contributed by atoms with van der Waals surface area (Å²) in [7, 11) is 0. The van der Waals surface area contributed by atoms with Gasteiger partial charge in [-0.1, -0.05) is 18.2 Å². The number of amides is 1. The van der Waals surface area contributed by atoms with E-state index in [1.807, 2.05) is 36.1 Å². The van der Waals surface area contributed by atoms with Crippen LogP contribution in [-0.4, -0.2) is 34.8 Å². The molecule has 1 unspecified atom stereocenters. The van der Waals surface area contributed by atoms with Crippen molar-refractivity contribution in [1.82, 2.24) is 4.90 Å². The Morgan fingerprint density at radius 2 is 1.81 bits per heavy atom. The first-order chi connectivity index (χ1) is 13.1. The number of piperidine rings is 1. The lowest BCUT2D eigenvalue weighted by Crippen LogP contribution is -2.46. The van der Waals surface area contributed by atoms with Gasteiger partial charge in [-0.05, 0) is 73.9 Å². The van der Waals surface area contributed by atoms with Crippen LogP contribution in [0.4, 0.5) is 4.39 Å². The minimum absolute atomic E-state index is 0.0304. The number of aliphatic hydroxyl groups excluding tert-OH is 1. The molecule has 2 aliphatic rings. The van der Waals surface area contributed by atoms with E-state index < -0.39 is 6.79 Å². The number of rotatable bonds is 4. The van der Waals surface area contributed by atoms with Gasteiger partial charge in [-0.2, -0.15) is 0 Å². The summed E-state index contributed by atoms with van der Waals surface area (Å²) in [5, 5.41) is 9.03. The summed E-state index contributed by atoms with van der Waals surface area (Å²) in [5.74, 6) is 0.729. The van der Waals surface area contributed by atoms with Crippen molar-refractivity contribution >= 4 is 5.91 Å². The lowest BCUT2D eigenvalue weighted by molar-refractivity contribution is 0.0569. The van der Waals surface area contributed by atoms with Crippen molar-refractivity contribution < 1.29 is 19.0 Å². The van der Waals surface area contributed by atoms with Crippen LogP contribution in [0.25, 0.3) is 0 Å². The van der Waals surface area contributed by atoms with E-state index in [0.717, 1.165) is 36.8 Å². The van der Waals surface area contributed by atoms with Gasteiger partial charge in [0.25, 0.3) is 5.91 Å². The van der Waals surface area contributed by atoms with Gasteiger partial charge in [-0.3, -0.25) is 4.79 Å². The topological polar surface area (TPSA) is 49.8 Å². The molecule has 0 radical (unpaired) electrons. The van der Waals surface area contributed by atoms with Gasteiger partial charge in [-0.25, -0.2) is 4.39 Å². The fourth-order valence-corrected chi connectivity index (χ4v) is 4.62. The molecule has 2 fully saturated rings. The molecule has 2 bridgehead atoms. The minimum Gasteiger partial charge on any atom is -0.467 e. The maximum absolute atomic E-state index is 13.2. The fraction of sp³-hybridized carbons (Fsp3) is 0.409. The Bertz CT molecular complexity index is 822. The zero-order valence-electron chi connectivity index (χ0n) is 15.4. The van der Waals surface area contributed by atoms with Gasteiger partial charge < -0.3 is 14.7 Å². The molecule has 1 amide bonds. The minimum atomic E-state index is -0.410. The third-order valence-electron chi connectivity index (χ3n) is 5.96. The number of carbonyl (C=O) groups is 1. The van der Waals surface area contributed by atoms with Gasteiger partial charge in [0.2, 0.25) is 0 Å². The van der Waals surface area contributed by atoms with Crippen molar-refractivity contribution in [2.45, 2.75) is 50.6 Å². The highest BCUT2D eigenvalue weighted by Crippen LogP contribution is 2.43. The number of hydrogen-bond acceptors (Lipinski definition) is 3. The predicted octanol–water partition coefficient (Wildman–Crippen LogP) is 4.01. The second kappa shape index (κ2) is 7.31. The third kappa shape index (κ3) is 3.44. The lowest BCUT2D eigenvalue weighted by Gasteiger charge is -2.39. The number of carbonyl (C=O) groups excluding carboxylic acids is 1. The Morgan fingerprint density at radius 3 is 2.44 bits per heavy atom. The summed E-state index contributed by atoms with van der Waals surface area (Å²) in [6.07, 6.45) is 3.86. The molecule has 0 spiro atoms. The van der Waals surface area contributed by atoms with Crippen LogP contribution in [0.3, 0.4) is 0 Å². The van der Waals surface area contributed by atoms with Crippen molar-refractivity contribution in [3.05, 3.63) is 65.0 Å². The highest BCUT2D eigenvalue weighted by Gasteiger charge is 2.43. The Balaban J connectivity index is 1.53. The SMILES string of the molecule is Cc1ccc(C(=O)N2[C@@H]3CC[C@H]2CC(c2ccc(F)cc2)C3)cc1OCO. The van der Waals surface area contributed by atoms with E-state index in [4.69, 9.17) is 9.84 Å². The second-order valence-electron chi connectivity index (χ2n) is 7.57. The van der Waals surface area contributed by atoms with E-state index in [-0.39, 0.29) is 23.8 Å². The molecule has 2 aliphatic heterocycles. The Labute approximate surface area is 158 Å². The number of halogens is 1. The fourth-order valence-electron chi connectivity index (χ4n) is 4.62. The van der Waals surface area contributed by atoms with Crippen LogP contribution in [0.2, 0.25) is 0 Å². The zero-order valence-corrected chi connectivity index (χ0v) is 15.4. The van der Waals surface area contributed by atoms with E-state index in [2.05, 4.69) is 0 Å². The lowest BCUT2D eigenvalue weighted by atomic mass is 9.84. The summed E-state index contributed by atoms with van der Waals surface area (Å²) < 4.78 is 18.4. The molecular weight excluding hydrogens is 345 g/mol. The van der Waals surface area contributed by atoms with Crippen LogP contribution in [0, 0.1) is 12.7 Å².